The van der Waals surface area contributed by atoms with Crippen molar-refractivity contribution in [1.29, 1.82) is 0 Å². The Kier molecular flexibility index (Phi) is 5.08. The normalized spacial score (nSPS) is 27.2. The van der Waals surface area contributed by atoms with Crippen molar-refractivity contribution in [3.63, 3.8) is 0 Å². The molecule has 0 aliphatic heterocycles. The molecule has 3 heteroatoms. The Morgan fingerprint density at radius 2 is 1.84 bits per heavy atom. The monoisotopic (exact) mass is 263 g/mol. The number of nitrogens with two attached hydrogens (primary N) is 1. The first-order valence-corrected chi connectivity index (χ1v) is 7.23. The zero-order valence-corrected chi connectivity index (χ0v) is 12.0. The summed E-state index contributed by atoms with van der Waals surface area (Å²) in [6, 6.07) is 7.51. The lowest BCUT2D eigenvalue weighted by molar-refractivity contribution is -0.0107. The van der Waals surface area contributed by atoms with Gasteiger partial charge in [-0.15, -0.1) is 0 Å². The third-order valence-electron chi connectivity index (χ3n) is 3.70. The first-order valence-electron chi connectivity index (χ1n) is 7.23. The van der Waals surface area contributed by atoms with Gasteiger partial charge in [-0.05, 0) is 43.2 Å². The molecule has 2 unspecified atom stereocenters. The number of hydrogen-bond donors (Lipinski definition) is 1. The molecule has 0 amide bonds. The molecule has 0 radical (unpaired) electrons. The second-order valence-electron chi connectivity index (χ2n) is 5.83. The number of anilines is 1. The van der Waals surface area contributed by atoms with E-state index >= 15 is 0 Å². The van der Waals surface area contributed by atoms with E-state index in [0.717, 1.165) is 23.3 Å². The Hall–Kier alpha value is -1.22. The highest BCUT2D eigenvalue weighted by Crippen LogP contribution is 2.30. The van der Waals surface area contributed by atoms with Crippen molar-refractivity contribution in [2.45, 2.75) is 39.2 Å². The second kappa shape index (κ2) is 6.80. The summed E-state index contributed by atoms with van der Waals surface area (Å²) in [6.07, 6.45) is 4.11. The van der Waals surface area contributed by atoms with Crippen molar-refractivity contribution in [3.05, 3.63) is 24.3 Å². The van der Waals surface area contributed by atoms with Gasteiger partial charge in [0, 0.05) is 11.8 Å². The number of ether oxygens (including phenoxy) is 2. The van der Waals surface area contributed by atoms with E-state index in [9.17, 15) is 0 Å². The van der Waals surface area contributed by atoms with Gasteiger partial charge in [-0.3, -0.25) is 0 Å². The van der Waals surface area contributed by atoms with E-state index in [2.05, 4.69) is 13.8 Å². The minimum atomic E-state index is 0.406. The Morgan fingerprint density at radius 1 is 1.11 bits per heavy atom. The van der Waals surface area contributed by atoms with E-state index in [1.165, 1.54) is 19.3 Å². The van der Waals surface area contributed by atoms with Crippen molar-refractivity contribution >= 4 is 5.69 Å². The standard InChI is InChI=1S/C16H25NO2/c1-12-8-13(2)10-16(9-12)19-7-6-18-15-5-3-4-14(17)11-15/h3-5,11-13,16H,6-10,17H2,1-2H3. The Balaban J connectivity index is 1.66. The zero-order chi connectivity index (χ0) is 13.7. The van der Waals surface area contributed by atoms with Crippen LogP contribution in [0.15, 0.2) is 24.3 Å². The van der Waals surface area contributed by atoms with Crippen molar-refractivity contribution in [1.82, 2.24) is 0 Å². The fraction of sp³-hybridized carbons (Fsp3) is 0.625. The molecular formula is C16H25NO2. The number of rotatable bonds is 5. The molecule has 3 nitrogen and oxygen atoms in total. The number of benzene rings is 1. The summed E-state index contributed by atoms with van der Waals surface area (Å²) in [5.41, 5.74) is 6.43. The van der Waals surface area contributed by atoms with Gasteiger partial charge in [-0.1, -0.05) is 19.9 Å². The lowest BCUT2D eigenvalue weighted by atomic mass is 9.82. The van der Waals surface area contributed by atoms with Gasteiger partial charge in [0.05, 0.1) is 12.7 Å². The van der Waals surface area contributed by atoms with E-state index in [0.29, 0.717) is 19.3 Å². The summed E-state index contributed by atoms with van der Waals surface area (Å²) in [5, 5.41) is 0. The maximum atomic E-state index is 5.92. The summed E-state index contributed by atoms with van der Waals surface area (Å²) in [5.74, 6) is 2.38. The minimum absolute atomic E-state index is 0.406. The van der Waals surface area contributed by atoms with E-state index in [1.54, 1.807) is 0 Å². The molecule has 1 aromatic rings. The van der Waals surface area contributed by atoms with Gasteiger partial charge in [0.15, 0.2) is 0 Å². The van der Waals surface area contributed by atoms with E-state index in [4.69, 9.17) is 15.2 Å². The fourth-order valence-corrected chi connectivity index (χ4v) is 2.99. The highest BCUT2D eigenvalue weighted by Gasteiger charge is 2.24. The SMILES string of the molecule is CC1CC(C)CC(OCCOc2cccc(N)c2)C1. The van der Waals surface area contributed by atoms with E-state index < -0.39 is 0 Å². The third-order valence-corrected chi connectivity index (χ3v) is 3.70. The average Bonchev–Trinajstić information content (AvgIpc) is 2.34. The lowest BCUT2D eigenvalue weighted by Gasteiger charge is -2.31. The van der Waals surface area contributed by atoms with Gasteiger partial charge in [0.25, 0.3) is 0 Å². The molecule has 106 valence electrons. The van der Waals surface area contributed by atoms with Crippen LogP contribution in [-0.2, 0) is 4.74 Å². The molecule has 0 aromatic heterocycles. The molecule has 1 aromatic carbocycles. The molecule has 0 saturated heterocycles. The molecule has 2 N–H and O–H groups in total. The molecule has 0 heterocycles. The van der Waals surface area contributed by atoms with Crippen molar-refractivity contribution in [2.75, 3.05) is 18.9 Å². The number of hydrogen-bond acceptors (Lipinski definition) is 3. The molecule has 2 atom stereocenters. The smallest absolute Gasteiger partial charge is 0.121 e. The maximum Gasteiger partial charge on any atom is 0.121 e. The first-order chi connectivity index (χ1) is 9.13. The van der Waals surface area contributed by atoms with Crippen LogP contribution in [0, 0.1) is 11.8 Å². The summed E-state index contributed by atoms with van der Waals surface area (Å²) in [7, 11) is 0. The van der Waals surface area contributed by atoms with Crippen LogP contribution in [-0.4, -0.2) is 19.3 Å². The van der Waals surface area contributed by atoms with Crippen molar-refractivity contribution < 1.29 is 9.47 Å². The third kappa shape index (κ3) is 4.75. The van der Waals surface area contributed by atoms with Gasteiger partial charge < -0.3 is 15.2 Å². The van der Waals surface area contributed by atoms with Crippen LogP contribution in [0.3, 0.4) is 0 Å². The number of nitrogen functional groups attached to an aromatic ring is 1. The molecule has 0 bridgehead atoms. The van der Waals surface area contributed by atoms with Gasteiger partial charge in [0.1, 0.15) is 12.4 Å². The van der Waals surface area contributed by atoms with Crippen LogP contribution in [0.5, 0.6) is 5.75 Å². The summed E-state index contributed by atoms with van der Waals surface area (Å²) in [4.78, 5) is 0. The van der Waals surface area contributed by atoms with Crippen LogP contribution in [0.25, 0.3) is 0 Å². The minimum Gasteiger partial charge on any atom is -0.491 e. The van der Waals surface area contributed by atoms with Crippen LogP contribution in [0.1, 0.15) is 33.1 Å². The predicted octanol–water partition coefficient (Wildman–Crippen LogP) is 3.49. The second-order valence-corrected chi connectivity index (χ2v) is 5.83. The molecule has 2 rings (SSSR count). The van der Waals surface area contributed by atoms with Crippen molar-refractivity contribution in [3.8, 4) is 5.75 Å². The summed E-state index contributed by atoms with van der Waals surface area (Å²) >= 11 is 0. The fourth-order valence-electron chi connectivity index (χ4n) is 2.99. The Labute approximate surface area is 116 Å². The zero-order valence-electron chi connectivity index (χ0n) is 12.0. The van der Waals surface area contributed by atoms with E-state index in [-0.39, 0.29) is 0 Å². The van der Waals surface area contributed by atoms with Crippen LogP contribution < -0.4 is 10.5 Å². The topological polar surface area (TPSA) is 44.5 Å². The van der Waals surface area contributed by atoms with Crippen LogP contribution >= 0.6 is 0 Å². The van der Waals surface area contributed by atoms with Gasteiger partial charge >= 0.3 is 0 Å². The molecule has 19 heavy (non-hydrogen) atoms. The first kappa shape index (κ1) is 14.2. The maximum absolute atomic E-state index is 5.92. The highest BCUT2D eigenvalue weighted by molar-refractivity contribution is 5.43. The largest absolute Gasteiger partial charge is 0.491 e. The lowest BCUT2D eigenvalue weighted by Crippen LogP contribution is -2.27. The quantitative estimate of drug-likeness (QED) is 0.653. The summed E-state index contributed by atoms with van der Waals surface area (Å²) in [6.45, 7) is 5.87. The Morgan fingerprint density at radius 3 is 2.53 bits per heavy atom. The molecule has 1 aliphatic rings. The molecule has 1 aliphatic carbocycles. The highest BCUT2D eigenvalue weighted by atomic mass is 16.5. The van der Waals surface area contributed by atoms with Gasteiger partial charge in [-0.2, -0.15) is 0 Å². The predicted molar refractivity (Wildman–Crippen MR) is 78.3 cm³/mol. The molecular weight excluding hydrogens is 238 g/mol. The summed E-state index contributed by atoms with van der Waals surface area (Å²) < 4.78 is 11.5. The molecule has 0 spiro atoms. The Bertz CT molecular complexity index is 384. The van der Waals surface area contributed by atoms with E-state index in [1.807, 2.05) is 24.3 Å². The molecule has 1 fully saturated rings. The van der Waals surface area contributed by atoms with Crippen molar-refractivity contribution in [2.24, 2.45) is 11.8 Å². The van der Waals surface area contributed by atoms with Gasteiger partial charge in [-0.25, -0.2) is 0 Å². The molecule has 1 saturated carbocycles. The van der Waals surface area contributed by atoms with Gasteiger partial charge in [0.2, 0.25) is 0 Å². The van der Waals surface area contributed by atoms with Crippen LogP contribution in [0.2, 0.25) is 0 Å². The average molecular weight is 263 g/mol. The van der Waals surface area contributed by atoms with Crippen LogP contribution in [0.4, 0.5) is 5.69 Å².